The lowest BCUT2D eigenvalue weighted by Crippen LogP contribution is -2.04. The van der Waals surface area contributed by atoms with Crippen LogP contribution in [0.2, 0.25) is 5.28 Å². The van der Waals surface area contributed by atoms with E-state index in [9.17, 15) is 4.79 Å². The second-order valence-electron chi connectivity index (χ2n) is 4.54. The van der Waals surface area contributed by atoms with Crippen molar-refractivity contribution >= 4 is 28.9 Å². The fraction of sp³-hybridized carbons (Fsp3) is 0.133. The molecule has 0 saturated carbocycles. The van der Waals surface area contributed by atoms with Gasteiger partial charge in [-0.2, -0.15) is 4.98 Å². The van der Waals surface area contributed by atoms with Crippen LogP contribution in [0.4, 0.5) is 0 Å². The highest BCUT2D eigenvalue weighted by molar-refractivity contribution is 6.28. The molecule has 0 aliphatic rings. The number of aromatic nitrogens is 3. The number of carbonyl (C=O) groups excluding carboxylic acids is 1. The largest absolute Gasteiger partial charge is 0.497 e. The molecule has 2 aromatic heterocycles. The van der Waals surface area contributed by atoms with Crippen molar-refractivity contribution in [3.05, 3.63) is 53.1 Å². The number of ether oxygens (including phenoxy) is 1. The van der Waals surface area contributed by atoms with E-state index in [4.69, 9.17) is 16.3 Å². The average molecular weight is 302 g/mol. The second kappa shape index (κ2) is 5.54. The zero-order valence-corrected chi connectivity index (χ0v) is 12.0. The zero-order chi connectivity index (χ0) is 14.8. The third-order valence-corrected chi connectivity index (χ3v) is 3.44. The number of carbonyl (C=O) groups is 1. The Morgan fingerprint density at radius 3 is 2.76 bits per heavy atom. The standard InChI is InChI=1S/C15H12ClN3O2/c1-21-13-4-2-10(3-5-13)8-19-12(9-20)6-11-7-17-15(16)18-14(11)19/h2-7,9H,8H2,1H3. The van der Waals surface area contributed by atoms with Gasteiger partial charge >= 0.3 is 0 Å². The molecule has 21 heavy (non-hydrogen) atoms. The molecule has 0 fully saturated rings. The average Bonchev–Trinajstić information content (AvgIpc) is 2.85. The molecule has 5 nitrogen and oxygen atoms in total. The van der Waals surface area contributed by atoms with Gasteiger partial charge in [0.25, 0.3) is 0 Å². The molecule has 0 spiro atoms. The van der Waals surface area contributed by atoms with Crippen molar-refractivity contribution < 1.29 is 9.53 Å². The van der Waals surface area contributed by atoms with E-state index in [0.717, 1.165) is 23.0 Å². The molecule has 0 saturated heterocycles. The molecule has 0 amide bonds. The van der Waals surface area contributed by atoms with E-state index in [1.165, 1.54) is 0 Å². The fourth-order valence-electron chi connectivity index (χ4n) is 2.22. The van der Waals surface area contributed by atoms with E-state index in [-0.39, 0.29) is 5.28 Å². The molecule has 6 heteroatoms. The first-order chi connectivity index (χ1) is 10.2. The normalized spacial score (nSPS) is 10.8. The molecule has 0 unspecified atom stereocenters. The molecule has 0 N–H and O–H groups in total. The maximum absolute atomic E-state index is 11.3. The molecule has 0 aliphatic carbocycles. The summed E-state index contributed by atoms with van der Waals surface area (Å²) in [5, 5.41) is 0.948. The predicted octanol–water partition coefficient (Wildman–Crippen LogP) is 2.95. The Morgan fingerprint density at radius 2 is 2.10 bits per heavy atom. The van der Waals surface area contributed by atoms with Crippen LogP contribution < -0.4 is 4.74 Å². The summed E-state index contributed by atoms with van der Waals surface area (Å²) >= 11 is 5.85. The van der Waals surface area contributed by atoms with Gasteiger partial charge in [-0.15, -0.1) is 0 Å². The number of hydrogen-bond acceptors (Lipinski definition) is 4. The van der Waals surface area contributed by atoms with Gasteiger partial charge in [-0.25, -0.2) is 4.98 Å². The van der Waals surface area contributed by atoms with Crippen LogP contribution in [0.25, 0.3) is 11.0 Å². The smallest absolute Gasteiger partial charge is 0.224 e. The van der Waals surface area contributed by atoms with Crippen molar-refractivity contribution in [2.45, 2.75) is 6.54 Å². The highest BCUT2D eigenvalue weighted by atomic mass is 35.5. The summed E-state index contributed by atoms with van der Waals surface area (Å²) < 4.78 is 6.95. The van der Waals surface area contributed by atoms with Crippen LogP contribution in [0.15, 0.2) is 36.5 Å². The number of aldehydes is 1. The number of benzene rings is 1. The van der Waals surface area contributed by atoms with Crippen LogP contribution in [-0.2, 0) is 6.54 Å². The fourth-order valence-corrected chi connectivity index (χ4v) is 2.35. The minimum Gasteiger partial charge on any atom is -0.497 e. The highest BCUT2D eigenvalue weighted by Gasteiger charge is 2.11. The maximum atomic E-state index is 11.3. The van der Waals surface area contributed by atoms with Gasteiger partial charge in [0.15, 0.2) is 6.29 Å². The SMILES string of the molecule is COc1ccc(Cn2c(C=O)cc3cnc(Cl)nc32)cc1. The minimum absolute atomic E-state index is 0.161. The van der Waals surface area contributed by atoms with E-state index < -0.39 is 0 Å². The lowest BCUT2D eigenvalue weighted by atomic mass is 10.2. The quantitative estimate of drug-likeness (QED) is 0.549. The topological polar surface area (TPSA) is 57.0 Å². The van der Waals surface area contributed by atoms with Crippen molar-refractivity contribution in [1.82, 2.24) is 14.5 Å². The van der Waals surface area contributed by atoms with Gasteiger partial charge in [-0.3, -0.25) is 4.79 Å². The van der Waals surface area contributed by atoms with Gasteiger partial charge in [-0.05, 0) is 35.4 Å². The van der Waals surface area contributed by atoms with Gasteiger partial charge in [0.05, 0.1) is 12.8 Å². The first-order valence-corrected chi connectivity index (χ1v) is 6.69. The molecular formula is C15H12ClN3O2. The van der Waals surface area contributed by atoms with E-state index in [2.05, 4.69) is 9.97 Å². The summed E-state index contributed by atoms with van der Waals surface area (Å²) in [5.74, 6) is 0.789. The summed E-state index contributed by atoms with van der Waals surface area (Å²) in [6, 6.07) is 9.40. The van der Waals surface area contributed by atoms with Crippen LogP contribution >= 0.6 is 11.6 Å². The van der Waals surface area contributed by atoms with E-state index in [1.54, 1.807) is 19.4 Å². The van der Waals surface area contributed by atoms with E-state index in [1.807, 2.05) is 28.8 Å². The van der Waals surface area contributed by atoms with Crippen molar-refractivity contribution in [3.63, 3.8) is 0 Å². The van der Waals surface area contributed by atoms with Crippen molar-refractivity contribution in [2.75, 3.05) is 7.11 Å². The Morgan fingerprint density at radius 1 is 1.33 bits per heavy atom. The number of halogens is 1. The van der Waals surface area contributed by atoms with Gasteiger partial charge in [-0.1, -0.05) is 12.1 Å². The third-order valence-electron chi connectivity index (χ3n) is 3.26. The summed E-state index contributed by atoms with van der Waals surface area (Å²) in [7, 11) is 1.62. The molecule has 0 bridgehead atoms. The summed E-state index contributed by atoms with van der Waals surface area (Å²) in [6.45, 7) is 0.523. The Hall–Kier alpha value is -2.40. The Kier molecular flexibility index (Phi) is 3.58. The monoisotopic (exact) mass is 301 g/mol. The summed E-state index contributed by atoms with van der Waals surface area (Å²) in [5.41, 5.74) is 2.22. The summed E-state index contributed by atoms with van der Waals surface area (Å²) in [4.78, 5) is 19.4. The molecule has 2 heterocycles. The van der Waals surface area contributed by atoms with Crippen molar-refractivity contribution in [1.29, 1.82) is 0 Å². The van der Waals surface area contributed by atoms with Gasteiger partial charge < -0.3 is 9.30 Å². The van der Waals surface area contributed by atoms with Crippen LogP contribution in [-0.4, -0.2) is 27.9 Å². The molecule has 0 atom stereocenters. The van der Waals surface area contributed by atoms with Crippen LogP contribution in [0.1, 0.15) is 16.1 Å². The van der Waals surface area contributed by atoms with Crippen LogP contribution in [0.3, 0.4) is 0 Å². The minimum atomic E-state index is 0.161. The molecular weight excluding hydrogens is 290 g/mol. The molecule has 3 aromatic rings. The van der Waals surface area contributed by atoms with Crippen LogP contribution in [0.5, 0.6) is 5.75 Å². The number of methoxy groups -OCH3 is 1. The molecule has 0 aliphatic heterocycles. The zero-order valence-electron chi connectivity index (χ0n) is 11.3. The van der Waals surface area contributed by atoms with E-state index in [0.29, 0.717) is 17.9 Å². The Balaban J connectivity index is 2.05. The Bertz CT molecular complexity index is 797. The van der Waals surface area contributed by atoms with Crippen molar-refractivity contribution in [3.8, 4) is 5.75 Å². The molecule has 106 valence electrons. The first kappa shape index (κ1) is 13.6. The second-order valence-corrected chi connectivity index (χ2v) is 4.88. The lowest BCUT2D eigenvalue weighted by molar-refractivity contribution is 0.111. The maximum Gasteiger partial charge on any atom is 0.224 e. The first-order valence-electron chi connectivity index (χ1n) is 6.31. The lowest BCUT2D eigenvalue weighted by Gasteiger charge is -2.08. The van der Waals surface area contributed by atoms with Crippen molar-refractivity contribution in [2.24, 2.45) is 0 Å². The molecule has 0 radical (unpaired) electrons. The van der Waals surface area contributed by atoms with Gasteiger partial charge in [0, 0.05) is 18.1 Å². The number of hydrogen-bond donors (Lipinski definition) is 0. The molecule has 1 aromatic carbocycles. The third kappa shape index (κ3) is 2.60. The molecule has 3 rings (SSSR count). The van der Waals surface area contributed by atoms with Crippen LogP contribution in [0, 0.1) is 0 Å². The van der Waals surface area contributed by atoms with Gasteiger partial charge in [0.2, 0.25) is 5.28 Å². The summed E-state index contributed by atoms with van der Waals surface area (Å²) in [6.07, 6.45) is 2.42. The number of rotatable bonds is 4. The predicted molar refractivity (Wildman–Crippen MR) is 80.0 cm³/mol. The highest BCUT2D eigenvalue weighted by Crippen LogP contribution is 2.20. The van der Waals surface area contributed by atoms with E-state index >= 15 is 0 Å². The van der Waals surface area contributed by atoms with Gasteiger partial charge in [0.1, 0.15) is 11.4 Å². The number of fused-ring (bicyclic) bond motifs is 1. The Labute approximate surface area is 126 Å². The number of nitrogens with zero attached hydrogens (tertiary/aromatic N) is 3.